The van der Waals surface area contributed by atoms with Crippen molar-refractivity contribution in [2.45, 2.75) is 10.6 Å². The number of benzene rings is 3. The zero-order chi connectivity index (χ0) is 18.2. The van der Waals surface area contributed by atoms with E-state index >= 15 is 0 Å². The van der Waals surface area contributed by atoms with E-state index in [4.69, 9.17) is 0 Å². The molecule has 2 heterocycles. The largest absolute Gasteiger partial charge is 0.187 e. The second kappa shape index (κ2) is 7.59. The molecule has 2 aromatic heterocycles. The molecule has 0 spiro atoms. The smallest absolute Gasteiger partial charge is 0.133 e. The number of fused-ring (bicyclic) bond motifs is 3. The van der Waals surface area contributed by atoms with Crippen molar-refractivity contribution in [2.75, 3.05) is 0 Å². The molecule has 0 bridgehead atoms. The molecule has 0 saturated carbocycles. The van der Waals surface area contributed by atoms with Gasteiger partial charge in [0.1, 0.15) is 0 Å². The van der Waals surface area contributed by atoms with Crippen LogP contribution in [0.1, 0.15) is 4.88 Å². The molecule has 0 aliphatic heterocycles. The Morgan fingerprint density at radius 1 is 0.741 bits per heavy atom. The first-order valence-corrected chi connectivity index (χ1v) is 12.8. The highest BCUT2D eigenvalue weighted by molar-refractivity contribution is 14.1. The molecular weight excluding hydrogens is 499 g/mol. The van der Waals surface area contributed by atoms with Crippen molar-refractivity contribution in [3.8, 4) is 4.90 Å². The van der Waals surface area contributed by atoms with Crippen LogP contribution in [0.15, 0.2) is 89.8 Å². The van der Waals surface area contributed by atoms with E-state index in [0.717, 1.165) is 5.75 Å². The lowest BCUT2D eigenvalue weighted by atomic mass is 10.2. The topological polar surface area (TPSA) is 0 Å². The normalized spacial score (nSPS) is 11.4. The molecule has 0 radical (unpaired) electrons. The van der Waals surface area contributed by atoms with Crippen LogP contribution in [0.25, 0.3) is 25.1 Å². The lowest BCUT2D eigenvalue weighted by molar-refractivity contribution is 1.44. The number of thioether (sulfide) groups is 1. The Balaban J connectivity index is 1.51. The average Bonchev–Trinajstić information content (AvgIpc) is 3.28. The Bertz CT molecular complexity index is 1180. The van der Waals surface area contributed by atoms with Crippen molar-refractivity contribution >= 4 is 76.3 Å². The van der Waals surface area contributed by atoms with Crippen LogP contribution in [0.5, 0.6) is 0 Å². The minimum absolute atomic E-state index is 0.00640. The molecule has 27 heavy (non-hydrogen) atoms. The maximum atomic E-state index is 2.39. The molecule has 3 aromatic carbocycles. The fourth-order valence-electron chi connectivity index (χ4n) is 3.36. The third kappa shape index (κ3) is 3.44. The highest BCUT2D eigenvalue weighted by Gasteiger charge is 2.22. The maximum absolute atomic E-state index is 2.39. The molecule has 0 unspecified atom stereocenters. The maximum Gasteiger partial charge on any atom is 0.187 e. The van der Waals surface area contributed by atoms with Gasteiger partial charge in [0, 0.05) is 36.8 Å². The molecule has 0 aliphatic carbocycles. The van der Waals surface area contributed by atoms with Crippen molar-refractivity contribution < 1.29 is 0 Å². The number of rotatable bonds is 4. The van der Waals surface area contributed by atoms with Crippen molar-refractivity contribution in [2.24, 2.45) is 0 Å². The summed E-state index contributed by atoms with van der Waals surface area (Å²) in [7, 11) is 0.00640. The van der Waals surface area contributed by atoms with Gasteiger partial charge >= 0.3 is 0 Å². The van der Waals surface area contributed by atoms with Crippen molar-refractivity contribution in [3.05, 3.63) is 92.7 Å². The summed E-state index contributed by atoms with van der Waals surface area (Å²) in [4.78, 5) is 4.18. The van der Waals surface area contributed by atoms with Gasteiger partial charge in [-0.3, -0.25) is 0 Å². The molecule has 0 fully saturated rings. The zero-order valence-electron chi connectivity index (χ0n) is 14.4. The molecule has 0 amide bonds. The summed E-state index contributed by atoms with van der Waals surface area (Å²) < 4.78 is 4.26. The number of hydrogen-bond donors (Lipinski definition) is 0. The quantitative estimate of drug-likeness (QED) is 0.131. The van der Waals surface area contributed by atoms with E-state index in [1.165, 1.54) is 37.7 Å². The highest BCUT2D eigenvalue weighted by Crippen LogP contribution is 2.48. The van der Waals surface area contributed by atoms with E-state index in [-0.39, 0.29) is 10.5 Å². The molecule has 0 nitrogen and oxygen atoms in total. The van der Waals surface area contributed by atoms with Gasteiger partial charge in [0.05, 0.1) is 2.88 Å². The number of thiophene rings is 2. The van der Waals surface area contributed by atoms with E-state index in [2.05, 4.69) is 108 Å². The summed E-state index contributed by atoms with van der Waals surface area (Å²) in [6, 6.07) is 31.4. The number of halogens is 1. The summed E-state index contributed by atoms with van der Waals surface area (Å²) in [6.45, 7) is 0. The Morgan fingerprint density at radius 2 is 1.37 bits per heavy atom. The third-order valence-electron chi connectivity index (χ3n) is 4.57. The molecule has 0 atom stereocenters. The second-order valence-corrected chi connectivity index (χ2v) is 12.3. The summed E-state index contributed by atoms with van der Waals surface area (Å²) in [5.74, 6) is 1.05. The van der Waals surface area contributed by atoms with Gasteiger partial charge in [-0.1, -0.05) is 24.3 Å². The van der Waals surface area contributed by atoms with Gasteiger partial charge < -0.3 is 0 Å². The zero-order valence-corrected chi connectivity index (χ0v) is 19.0. The summed E-state index contributed by atoms with van der Waals surface area (Å²) in [5, 5.41) is 2.78. The van der Waals surface area contributed by atoms with E-state index in [9.17, 15) is 0 Å². The van der Waals surface area contributed by atoms with Crippen molar-refractivity contribution in [3.63, 3.8) is 0 Å². The van der Waals surface area contributed by atoms with Crippen LogP contribution in [0.3, 0.4) is 0 Å². The van der Waals surface area contributed by atoms with Gasteiger partial charge in [0.25, 0.3) is 0 Å². The summed E-state index contributed by atoms with van der Waals surface area (Å²) >= 11 is 6.19. The Morgan fingerprint density at radius 3 is 1.96 bits per heavy atom. The van der Waals surface area contributed by atoms with Crippen LogP contribution in [-0.2, 0) is 5.75 Å². The Hall–Kier alpha value is -1.34. The lowest BCUT2D eigenvalue weighted by Crippen LogP contribution is -1.76. The van der Waals surface area contributed by atoms with Crippen LogP contribution < -0.4 is 0 Å². The van der Waals surface area contributed by atoms with Crippen molar-refractivity contribution in [1.29, 1.82) is 0 Å². The third-order valence-corrected chi connectivity index (χ3v) is 10.0. The first-order chi connectivity index (χ1) is 13.3. The van der Waals surface area contributed by atoms with Gasteiger partial charge in [0.2, 0.25) is 0 Å². The van der Waals surface area contributed by atoms with Gasteiger partial charge in [-0.15, -0.1) is 23.1 Å². The lowest BCUT2D eigenvalue weighted by Gasteiger charge is -2.00. The fraction of sp³-hybridized carbons (Fsp3) is 0.0435. The SMILES string of the molecule is Ic1ccc(CSc2ccc(-[s+]3c4ccccc4c4ccccc43)cc2)s1. The molecule has 0 N–H and O–H groups in total. The van der Waals surface area contributed by atoms with Gasteiger partial charge in [-0.2, -0.15) is 0 Å². The minimum atomic E-state index is 0.00640. The molecule has 4 heteroatoms. The van der Waals surface area contributed by atoms with Crippen LogP contribution in [0, 0.1) is 2.88 Å². The summed E-state index contributed by atoms with van der Waals surface area (Å²) in [5.41, 5.74) is 0. The van der Waals surface area contributed by atoms with E-state index < -0.39 is 0 Å². The predicted octanol–water partition coefficient (Wildman–Crippen LogP) is 8.69. The first-order valence-electron chi connectivity index (χ1n) is 8.69. The fourth-order valence-corrected chi connectivity index (χ4v) is 8.44. The first kappa shape index (κ1) is 17.7. The van der Waals surface area contributed by atoms with Gasteiger partial charge in [-0.25, -0.2) is 0 Å². The molecule has 5 rings (SSSR count). The monoisotopic (exact) mass is 515 g/mol. The molecule has 5 aromatic rings. The van der Waals surface area contributed by atoms with Crippen molar-refractivity contribution in [1.82, 2.24) is 0 Å². The van der Waals surface area contributed by atoms with E-state index in [1.54, 1.807) is 0 Å². The predicted molar refractivity (Wildman–Crippen MR) is 132 cm³/mol. The Labute approximate surface area is 183 Å². The van der Waals surface area contributed by atoms with E-state index in [1.807, 2.05) is 23.1 Å². The molecule has 132 valence electrons. The average molecular weight is 515 g/mol. The molecule has 0 saturated heterocycles. The Kier molecular flexibility index (Phi) is 4.98. The summed E-state index contributed by atoms with van der Waals surface area (Å²) in [6.07, 6.45) is 0. The van der Waals surface area contributed by atoms with Crippen LogP contribution in [0.4, 0.5) is 0 Å². The molecule has 0 aliphatic rings. The van der Waals surface area contributed by atoms with Crippen LogP contribution in [-0.4, -0.2) is 0 Å². The van der Waals surface area contributed by atoms with Crippen LogP contribution >= 0.6 is 56.2 Å². The van der Waals surface area contributed by atoms with Gasteiger partial charge in [0.15, 0.2) is 14.3 Å². The highest BCUT2D eigenvalue weighted by atomic mass is 127. The number of hydrogen-bond acceptors (Lipinski definition) is 2. The van der Waals surface area contributed by atoms with Gasteiger partial charge in [-0.05, 0) is 83.3 Å². The van der Waals surface area contributed by atoms with Crippen LogP contribution in [0.2, 0.25) is 0 Å². The minimum Gasteiger partial charge on any atom is -0.133 e. The molecular formula is C23H16IS3+. The standard InChI is InChI=1S/C23H16IS3/c24-23-14-11-17(26-23)15-25-16-9-12-18(13-10-16)27-21-7-3-1-5-19(21)20-6-2-4-8-22(20)27/h1-14H,15H2/q+1. The van der Waals surface area contributed by atoms with E-state index in [0.29, 0.717) is 0 Å². The second-order valence-electron chi connectivity index (χ2n) is 6.26.